The summed E-state index contributed by atoms with van der Waals surface area (Å²) < 4.78 is 5.05. The van der Waals surface area contributed by atoms with E-state index in [9.17, 15) is 0 Å². The quantitative estimate of drug-likeness (QED) is 0.781. The summed E-state index contributed by atoms with van der Waals surface area (Å²) in [5, 5.41) is 3.40. The van der Waals surface area contributed by atoms with E-state index in [1.54, 1.807) is 7.11 Å². The number of hydrogen-bond donors (Lipinski definition) is 1. The van der Waals surface area contributed by atoms with Crippen molar-refractivity contribution in [2.45, 2.75) is 23.3 Å². The summed E-state index contributed by atoms with van der Waals surface area (Å²) in [6.45, 7) is 4.62. The zero-order valence-corrected chi connectivity index (χ0v) is 12.9. The van der Waals surface area contributed by atoms with E-state index in [4.69, 9.17) is 4.74 Å². The molecule has 1 N–H and O–H groups in total. The molecule has 0 spiro atoms. The van der Waals surface area contributed by atoms with Crippen molar-refractivity contribution in [2.75, 3.05) is 20.3 Å². The number of nitrogens with one attached hydrogen (secondary N) is 1. The van der Waals surface area contributed by atoms with E-state index in [0.717, 1.165) is 19.7 Å². The maximum Gasteiger partial charge on any atom is 0.0587 e. The zero-order valence-electron chi connectivity index (χ0n) is 12.1. The fraction of sp³-hybridized carbons (Fsp3) is 0.294. The van der Waals surface area contributed by atoms with Gasteiger partial charge in [0.2, 0.25) is 0 Å². The molecule has 3 heteroatoms. The Morgan fingerprint density at radius 1 is 1.10 bits per heavy atom. The molecule has 0 unspecified atom stereocenters. The smallest absolute Gasteiger partial charge is 0.0587 e. The van der Waals surface area contributed by atoms with E-state index in [1.165, 1.54) is 20.9 Å². The maximum atomic E-state index is 5.05. The van der Waals surface area contributed by atoms with Crippen LogP contribution in [0.2, 0.25) is 0 Å². The Morgan fingerprint density at radius 2 is 1.95 bits per heavy atom. The minimum absolute atomic E-state index is 0.743. The lowest BCUT2D eigenvalue weighted by Gasteiger charge is -2.10. The van der Waals surface area contributed by atoms with Crippen LogP contribution in [0.4, 0.5) is 0 Å². The molecule has 0 bridgehead atoms. The fourth-order valence-corrected chi connectivity index (χ4v) is 3.02. The lowest BCUT2D eigenvalue weighted by atomic mass is 10.2. The van der Waals surface area contributed by atoms with E-state index in [0.29, 0.717) is 0 Å². The van der Waals surface area contributed by atoms with Crippen molar-refractivity contribution in [1.82, 2.24) is 5.32 Å². The minimum Gasteiger partial charge on any atom is -0.383 e. The predicted molar refractivity (Wildman–Crippen MR) is 85.3 cm³/mol. The molecular weight excluding hydrogens is 266 g/mol. The molecule has 20 heavy (non-hydrogen) atoms. The molecule has 0 aliphatic carbocycles. The Balaban J connectivity index is 2.03. The molecular formula is C17H21NOS. The van der Waals surface area contributed by atoms with Crippen LogP contribution >= 0.6 is 11.8 Å². The van der Waals surface area contributed by atoms with Gasteiger partial charge in [0, 0.05) is 30.0 Å². The van der Waals surface area contributed by atoms with Gasteiger partial charge in [-0.05, 0) is 30.7 Å². The lowest BCUT2D eigenvalue weighted by molar-refractivity contribution is 0.199. The first-order valence-electron chi connectivity index (χ1n) is 6.81. The van der Waals surface area contributed by atoms with Gasteiger partial charge in [0.25, 0.3) is 0 Å². The first kappa shape index (κ1) is 15.1. The molecule has 0 saturated carbocycles. The Kier molecular flexibility index (Phi) is 6.12. The van der Waals surface area contributed by atoms with Crippen LogP contribution in [0.15, 0.2) is 58.3 Å². The van der Waals surface area contributed by atoms with Crippen LogP contribution in [-0.4, -0.2) is 20.3 Å². The molecule has 0 radical (unpaired) electrons. The summed E-state index contributed by atoms with van der Waals surface area (Å²) in [5.41, 5.74) is 2.63. The molecule has 2 aromatic carbocycles. The molecule has 106 valence electrons. The van der Waals surface area contributed by atoms with Gasteiger partial charge in [0.05, 0.1) is 6.61 Å². The normalized spacial score (nSPS) is 10.7. The van der Waals surface area contributed by atoms with Gasteiger partial charge in [-0.2, -0.15) is 0 Å². The van der Waals surface area contributed by atoms with Gasteiger partial charge in [0.1, 0.15) is 0 Å². The number of rotatable bonds is 7. The summed E-state index contributed by atoms with van der Waals surface area (Å²) >= 11 is 1.82. The van der Waals surface area contributed by atoms with Gasteiger partial charge >= 0.3 is 0 Å². The maximum absolute atomic E-state index is 5.05. The molecule has 0 fully saturated rings. The number of benzene rings is 2. The number of methoxy groups -OCH3 is 1. The average Bonchev–Trinajstić information content (AvgIpc) is 2.45. The number of hydrogen-bond acceptors (Lipinski definition) is 3. The van der Waals surface area contributed by atoms with Gasteiger partial charge in [-0.1, -0.05) is 47.7 Å². The zero-order chi connectivity index (χ0) is 14.2. The highest BCUT2D eigenvalue weighted by Gasteiger charge is 2.04. The second-order valence-corrected chi connectivity index (χ2v) is 5.81. The third-order valence-corrected chi connectivity index (χ3v) is 4.10. The SMILES string of the molecule is COCCNCc1ccccc1Sc1cccc(C)c1. The average molecular weight is 287 g/mol. The summed E-state index contributed by atoms with van der Waals surface area (Å²) in [5.74, 6) is 0. The molecule has 2 nitrogen and oxygen atoms in total. The van der Waals surface area contributed by atoms with E-state index < -0.39 is 0 Å². The highest BCUT2D eigenvalue weighted by atomic mass is 32.2. The second kappa shape index (κ2) is 8.10. The van der Waals surface area contributed by atoms with Crippen LogP contribution in [0.3, 0.4) is 0 Å². The van der Waals surface area contributed by atoms with Crippen molar-refractivity contribution in [2.24, 2.45) is 0 Å². The van der Waals surface area contributed by atoms with Gasteiger partial charge in [-0.15, -0.1) is 0 Å². The van der Waals surface area contributed by atoms with Gasteiger partial charge in [-0.25, -0.2) is 0 Å². The number of aryl methyl sites for hydroxylation is 1. The van der Waals surface area contributed by atoms with Crippen molar-refractivity contribution in [3.8, 4) is 0 Å². The predicted octanol–water partition coefficient (Wildman–Crippen LogP) is 3.88. The molecule has 0 aromatic heterocycles. The van der Waals surface area contributed by atoms with Crippen LogP contribution in [0, 0.1) is 6.92 Å². The Morgan fingerprint density at radius 3 is 2.75 bits per heavy atom. The second-order valence-electron chi connectivity index (χ2n) is 4.70. The third-order valence-electron chi connectivity index (χ3n) is 2.99. The summed E-state index contributed by atoms with van der Waals surface area (Å²) in [6.07, 6.45) is 0. The first-order valence-corrected chi connectivity index (χ1v) is 7.63. The van der Waals surface area contributed by atoms with E-state index in [1.807, 2.05) is 11.8 Å². The molecule has 0 aliphatic rings. The Labute approximate surface area is 125 Å². The fourth-order valence-electron chi connectivity index (χ4n) is 1.95. The van der Waals surface area contributed by atoms with Crippen LogP contribution in [0.25, 0.3) is 0 Å². The first-order chi connectivity index (χ1) is 9.79. The molecule has 0 saturated heterocycles. The molecule has 0 atom stereocenters. The van der Waals surface area contributed by atoms with Crippen LogP contribution in [0.1, 0.15) is 11.1 Å². The van der Waals surface area contributed by atoms with Gasteiger partial charge in [-0.3, -0.25) is 0 Å². The highest BCUT2D eigenvalue weighted by Crippen LogP contribution is 2.30. The van der Waals surface area contributed by atoms with Crippen molar-refractivity contribution in [3.63, 3.8) is 0 Å². The Bertz CT molecular complexity index is 542. The standard InChI is InChI=1S/C17H21NOS/c1-14-6-5-8-16(12-14)20-17-9-4-3-7-15(17)13-18-10-11-19-2/h3-9,12,18H,10-11,13H2,1-2H3. The van der Waals surface area contributed by atoms with Crippen LogP contribution < -0.4 is 5.32 Å². The molecule has 2 aromatic rings. The van der Waals surface area contributed by atoms with Gasteiger partial charge in [0.15, 0.2) is 0 Å². The largest absolute Gasteiger partial charge is 0.383 e. The third kappa shape index (κ3) is 4.67. The summed E-state index contributed by atoms with van der Waals surface area (Å²) in [4.78, 5) is 2.59. The Hall–Kier alpha value is -1.29. The van der Waals surface area contributed by atoms with E-state index in [2.05, 4.69) is 60.8 Å². The van der Waals surface area contributed by atoms with Crippen molar-refractivity contribution >= 4 is 11.8 Å². The highest BCUT2D eigenvalue weighted by molar-refractivity contribution is 7.99. The lowest BCUT2D eigenvalue weighted by Crippen LogP contribution is -2.18. The van der Waals surface area contributed by atoms with Gasteiger partial charge < -0.3 is 10.1 Å². The van der Waals surface area contributed by atoms with Crippen LogP contribution in [0.5, 0.6) is 0 Å². The molecule has 2 rings (SSSR count). The van der Waals surface area contributed by atoms with Crippen molar-refractivity contribution in [1.29, 1.82) is 0 Å². The molecule has 0 aliphatic heterocycles. The monoisotopic (exact) mass is 287 g/mol. The topological polar surface area (TPSA) is 21.3 Å². The van der Waals surface area contributed by atoms with Crippen molar-refractivity contribution in [3.05, 3.63) is 59.7 Å². The van der Waals surface area contributed by atoms with E-state index >= 15 is 0 Å². The van der Waals surface area contributed by atoms with Crippen molar-refractivity contribution < 1.29 is 4.74 Å². The van der Waals surface area contributed by atoms with Crippen LogP contribution in [-0.2, 0) is 11.3 Å². The molecule has 0 heterocycles. The summed E-state index contributed by atoms with van der Waals surface area (Å²) in [6, 6.07) is 17.2. The molecule has 0 amide bonds. The summed E-state index contributed by atoms with van der Waals surface area (Å²) in [7, 11) is 1.73. The number of ether oxygens (including phenoxy) is 1. The minimum atomic E-state index is 0.743. The van der Waals surface area contributed by atoms with E-state index in [-0.39, 0.29) is 0 Å².